The molecule has 0 bridgehead atoms. The molecule has 33 nitrogen and oxygen atoms in total. The molecule has 5 fully saturated rings. The molecule has 0 spiro atoms. The summed E-state index contributed by atoms with van der Waals surface area (Å²) in [5, 5.41) is 140. The number of nitrogens with one attached hydrogen (secondary N) is 2. The SMILES string of the molecule is C[C@@H]1O[C@@H](OCCNC(=O)CCCCCCC(=O)CN(CC(=O)CCCCCCC(=O)ON2C(=O)CCC2=O)CC(=O)CCCCC(=O)NCCO[C@H]2O[C@H](CO[C@H]3C[C@H](CO)[C@@H](O)[C@H](O)[C@@H]3O)[C@@H](O)[C@H](O[C@H]3O[C@H](CO)[C@@H](O)[C@H](O)[C@@H]3O)[C@@H]2O)[C@@H](O)[C@H](O)[C@@H]1O. The molecule has 5 rings (SSSR count). The lowest BCUT2D eigenvalue weighted by atomic mass is 9.81. The van der Waals surface area contributed by atoms with E-state index in [1.807, 2.05) is 0 Å². The molecule has 33 heteroatoms. The minimum Gasteiger partial charge on any atom is -0.396 e. The van der Waals surface area contributed by atoms with Crippen LogP contribution in [0.5, 0.6) is 0 Å². The van der Waals surface area contributed by atoms with Crippen LogP contribution < -0.4 is 10.6 Å². The van der Waals surface area contributed by atoms with Gasteiger partial charge in [-0.25, -0.2) is 4.79 Å². The van der Waals surface area contributed by atoms with Gasteiger partial charge in [-0.3, -0.25) is 38.5 Å². The Kier molecular flexibility index (Phi) is 33.7. The number of rotatable bonds is 41. The number of ether oxygens (including phenoxy) is 7. The van der Waals surface area contributed by atoms with Crippen LogP contribution in [0.3, 0.4) is 0 Å². The number of aliphatic hydroxyl groups is 13. The Balaban J connectivity index is 1.04. The molecule has 1 aliphatic carbocycles. The molecule has 0 aromatic carbocycles. The molecule has 1 saturated carbocycles. The van der Waals surface area contributed by atoms with Gasteiger partial charge in [-0.05, 0) is 51.9 Å². The van der Waals surface area contributed by atoms with Gasteiger partial charge in [0.15, 0.2) is 18.9 Å². The van der Waals surface area contributed by atoms with Crippen LogP contribution in [0.1, 0.15) is 129 Å². The lowest BCUT2D eigenvalue weighted by molar-refractivity contribution is -0.361. The quantitative estimate of drug-likeness (QED) is 0.0200. The first-order chi connectivity index (χ1) is 43.3. The third-order valence-corrected chi connectivity index (χ3v) is 16.5. The second-order valence-corrected chi connectivity index (χ2v) is 23.8. The van der Waals surface area contributed by atoms with Gasteiger partial charge in [-0.1, -0.05) is 25.7 Å². The second-order valence-electron chi connectivity index (χ2n) is 23.8. The molecule has 5 aliphatic rings. The summed E-state index contributed by atoms with van der Waals surface area (Å²) in [4.78, 5) is 107. The number of ketones is 3. The van der Waals surface area contributed by atoms with Crippen molar-refractivity contribution in [2.45, 2.75) is 245 Å². The van der Waals surface area contributed by atoms with Crippen LogP contribution >= 0.6 is 0 Å². The van der Waals surface area contributed by atoms with Gasteiger partial charge in [0.2, 0.25) is 11.8 Å². The van der Waals surface area contributed by atoms with E-state index in [1.54, 1.807) is 0 Å². The smallest absolute Gasteiger partial charge is 0.333 e. The van der Waals surface area contributed by atoms with Crippen LogP contribution in [-0.4, -0.2) is 306 Å². The van der Waals surface area contributed by atoms with Crippen LogP contribution in [0, 0.1) is 5.92 Å². The van der Waals surface area contributed by atoms with Crippen molar-refractivity contribution in [1.82, 2.24) is 20.6 Å². The fourth-order valence-corrected chi connectivity index (χ4v) is 11.1. The molecule has 0 aromatic rings. The monoisotopic (exact) mass is 1310 g/mol. The summed E-state index contributed by atoms with van der Waals surface area (Å²) in [6, 6.07) is 0. The minimum absolute atomic E-state index is 0.00906. The first-order valence-electron chi connectivity index (χ1n) is 31.4. The zero-order valence-corrected chi connectivity index (χ0v) is 51.3. The Hall–Kier alpha value is -4.28. The first kappa shape index (κ1) is 77.4. The van der Waals surface area contributed by atoms with Crippen molar-refractivity contribution < 1.29 is 143 Å². The molecule has 20 atom stereocenters. The topological polar surface area (TPSA) is 504 Å². The number of amides is 4. The van der Waals surface area contributed by atoms with Gasteiger partial charge in [-0.2, -0.15) is 0 Å². The lowest BCUT2D eigenvalue weighted by Crippen LogP contribution is -2.65. The predicted molar refractivity (Wildman–Crippen MR) is 305 cm³/mol. The maximum absolute atomic E-state index is 13.3. The lowest BCUT2D eigenvalue weighted by Gasteiger charge is -2.46. The van der Waals surface area contributed by atoms with Crippen molar-refractivity contribution in [3.63, 3.8) is 0 Å². The number of unbranched alkanes of at least 4 members (excludes halogenated alkanes) is 7. The maximum atomic E-state index is 13.3. The zero-order valence-electron chi connectivity index (χ0n) is 51.3. The van der Waals surface area contributed by atoms with Crippen LogP contribution in [0.4, 0.5) is 0 Å². The van der Waals surface area contributed by atoms with E-state index in [4.69, 9.17) is 38.0 Å². The number of carbonyl (C=O) groups is 8. The highest BCUT2D eigenvalue weighted by molar-refractivity contribution is 6.01. The van der Waals surface area contributed by atoms with Crippen LogP contribution in [0.2, 0.25) is 0 Å². The molecule has 4 aliphatic heterocycles. The van der Waals surface area contributed by atoms with E-state index in [0.717, 1.165) is 0 Å². The van der Waals surface area contributed by atoms with E-state index in [2.05, 4.69) is 10.6 Å². The van der Waals surface area contributed by atoms with Gasteiger partial charge < -0.3 is 115 Å². The average molecular weight is 1310 g/mol. The molecule has 91 heavy (non-hydrogen) atoms. The van der Waals surface area contributed by atoms with Crippen molar-refractivity contribution in [3.8, 4) is 0 Å². The van der Waals surface area contributed by atoms with Gasteiger partial charge in [0.25, 0.3) is 11.8 Å². The Morgan fingerprint density at radius 3 is 1.49 bits per heavy atom. The number of hydroxylamine groups is 2. The van der Waals surface area contributed by atoms with Crippen molar-refractivity contribution >= 4 is 46.9 Å². The molecule has 522 valence electrons. The first-order valence-corrected chi connectivity index (χ1v) is 31.4. The van der Waals surface area contributed by atoms with Crippen molar-refractivity contribution in [3.05, 3.63) is 0 Å². The molecule has 4 saturated heterocycles. The van der Waals surface area contributed by atoms with E-state index in [0.29, 0.717) is 56.4 Å². The number of imide groups is 1. The zero-order chi connectivity index (χ0) is 66.9. The predicted octanol–water partition coefficient (Wildman–Crippen LogP) is -5.95. The van der Waals surface area contributed by atoms with Gasteiger partial charge in [-0.15, -0.1) is 5.06 Å². The summed E-state index contributed by atoms with van der Waals surface area (Å²) in [6.45, 7) is -1.41. The molecular formula is C58H96N4O29. The van der Waals surface area contributed by atoms with E-state index in [9.17, 15) is 105 Å². The average Bonchev–Trinajstić information content (AvgIpc) is 1.57. The number of hydrogen-bond acceptors (Lipinski definition) is 30. The Labute approximate surface area is 526 Å². The Morgan fingerprint density at radius 2 is 0.956 bits per heavy atom. The number of aliphatic hydroxyl groups excluding tert-OH is 13. The molecule has 0 radical (unpaired) electrons. The summed E-state index contributed by atoms with van der Waals surface area (Å²) in [6.07, 6.45) is -24.6. The molecule has 0 aromatic heterocycles. The van der Waals surface area contributed by atoms with Crippen molar-refractivity contribution in [2.24, 2.45) is 5.92 Å². The maximum Gasteiger partial charge on any atom is 0.333 e. The highest BCUT2D eigenvalue weighted by Gasteiger charge is 2.52. The van der Waals surface area contributed by atoms with Gasteiger partial charge in [0.05, 0.1) is 64.4 Å². The third kappa shape index (κ3) is 24.5. The Morgan fingerprint density at radius 1 is 0.495 bits per heavy atom. The molecule has 15 N–H and O–H groups in total. The highest BCUT2D eigenvalue weighted by Crippen LogP contribution is 2.33. The van der Waals surface area contributed by atoms with Crippen LogP contribution in [0.15, 0.2) is 0 Å². The van der Waals surface area contributed by atoms with Gasteiger partial charge in [0.1, 0.15) is 96.7 Å². The van der Waals surface area contributed by atoms with E-state index in [1.165, 1.54) is 11.8 Å². The van der Waals surface area contributed by atoms with E-state index < -0.39 is 166 Å². The minimum atomic E-state index is -1.94. The van der Waals surface area contributed by atoms with Gasteiger partial charge >= 0.3 is 5.97 Å². The third-order valence-electron chi connectivity index (χ3n) is 16.5. The van der Waals surface area contributed by atoms with Crippen LogP contribution in [-0.2, 0) is 76.4 Å². The standard InChI is InChI=1S/C58H96N4O29/c1-31-44(73)49(78)52(81)56(87-31)84-22-20-59-39(68)15-8-4-2-6-12-33(65)25-61(26-34(66)13-7-3-5-9-17-43(72)91-62-41(70)18-19-42(62)71)27-35(67)14-10-11-16-40(69)60-21-23-85-57-54(83)55(90-58-53(82)51(80)47(76)37(29-64)88-58)48(77)38(89-57)30-86-36-24-32(28-63)45(74)50(79)46(36)75/h31-32,36-38,44-58,63-64,73-83H,2-30H2,1H3,(H,59,68)(H,60,69)/t31-,32+,36-,37+,38+,44+,45+,46+,47+,48+,49+,50-,51-,52-,53-,54-,55-,56+,57-,58+/m0/s1. The normalized spacial score (nSPS) is 32.8. The van der Waals surface area contributed by atoms with Crippen molar-refractivity contribution in [2.75, 3.05) is 65.8 Å². The van der Waals surface area contributed by atoms with E-state index in [-0.39, 0.29) is 140 Å². The summed E-state index contributed by atoms with van der Waals surface area (Å²) < 4.78 is 39.3. The largest absolute Gasteiger partial charge is 0.396 e. The summed E-state index contributed by atoms with van der Waals surface area (Å²) >= 11 is 0. The molecule has 4 heterocycles. The fraction of sp³-hybridized carbons (Fsp3) is 0.862. The summed E-state index contributed by atoms with van der Waals surface area (Å²) in [7, 11) is 0. The second kappa shape index (κ2) is 39.6. The number of Topliss-reactive ketones (excluding diaryl/α,β-unsaturated/α-hetero) is 3. The van der Waals surface area contributed by atoms with E-state index >= 15 is 0 Å². The van der Waals surface area contributed by atoms with Gasteiger partial charge in [0, 0.05) is 77.0 Å². The number of carbonyl (C=O) groups excluding carboxylic acids is 8. The molecule has 4 amide bonds. The van der Waals surface area contributed by atoms with Crippen LogP contribution in [0.25, 0.3) is 0 Å². The Bertz CT molecular complexity index is 2270. The number of nitrogens with zero attached hydrogens (tertiary/aromatic N) is 2. The molecule has 0 unspecified atom stereocenters. The highest BCUT2D eigenvalue weighted by atomic mass is 16.7. The summed E-state index contributed by atoms with van der Waals surface area (Å²) in [5.74, 6) is -4.19. The van der Waals surface area contributed by atoms with Crippen molar-refractivity contribution in [1.29, 1.82) is 0 Å². The summed E-state index contributed by atoms with van der Waals surface area (Å²) in [5.41, 5.74) is 0. The molecular weight excluding hydrogens is 1220 g/mol. The fourth-order valence-electron chi connectivity index (χ4n) is 11.1. The number of hydrogen-bond donors (Lipinski definition) is 15.